The zero-order chi connectivity index (χ0) is 15.3. The molecule has 4 nitrogen and oxygen atoms in total. The highest BCUT2D eigenvalue weighted by Crippen LogP contribution is 2.11. The van der Waals surface area contributed by atoms with E-state index in [4.69, 9.17) is 5.73 Å². The summed E-state index contributed by atoms with van der Waals surface area (Å²) in [5.41, 5.74) is 5.23. The molecule has 21 heavy (non-hydrogen) atoms. The Morgan fingerprint density at radius 1 is 1.19 bits per heavy atom. The molecule has 118 valence electrons. The lowest BCUT2D eigenvalue weighted by molar-refractivity contribution is -0.121. The maximum atomic E-state index is 13.0. The van der Waals surface area contributed by atoms with Gasteiger partial charge in [-0.2, -0.15) is 0 Å². The van der Waals surface area contributed by atoms with Gasteiger partial charge in [-0.15, -0.1) is 12.4 Å². The smallest absolute Gasteiger partial charge is 0.220 e. The van der Waals surface area contributed by atoms with Crippen molar-refractivity contribution in [2.45, 2.75) is 32.2 Å². The van der Waals surface area contributed by atoms with Crippen LogP contribution in [-0.2, 0) is 4.79 Å². The van der Waals surface area contributed by atoms with E-state index in [1.165, 1.54) is 6.07 Å². The number of hydrogen-bond acceptors (Lipinski definition) is 3. The SMILES string of the molecule is CC(C)(N)CNC(=O)CCC(=O)c1ccc(F)c(F)c1.Cl. The summed E-state index contributed by atoms with van der Waals surface area (Å²) in [4.78, 5) is 23.2. The summed E-state index contributed by atoms with van der Waals surface area (Å²) in [5, 5.41) is 2.60. The van der Waals surface area contributed by atoms with Crippen molar-refractivity contribution in [2.24, 2.45) is 5.73 Å². The normalized spacial score (nSPS) is 10.7. The molecule has 7 heteroatoms. The third-order valence-electron chi connectivity index (χ3n) is 2.56. The van der Waals surface area contributed by atoms with Gasteiger partial charge in [0.05, 0.1) is 0 Å². The van der Waals surface area contributed by atoms with E-state index in [-0.39, 0.29) is 36.7 Å². The second-order valence-corrected chi connectivity index (χ2v) is 5.32. The Kier molecular flexibility index (Phi) is 7.46. The molecule has 1 amide bonds. The number of nitrogens with one attached hydrogen (secondary N) is 1. The molecule has 0 saturated carbocycles. The zero-order valence-corrected chi connectivity index (χ0v) is 12.7. The van der Waals surface area contributed by atoms with Crippen molar-refractivity contribution in [3.05, 3.63) is 35.4 Å². The van der Waals surface area contributed by atoms with Crippen molar-refractivity contribution >= 4 is 24.1 Å². The van der Waals surface area contributed by atoms with E-state index in [1.54, 1.807) is 13.8 Å². The van der Waals surface area contributed by atoms with Crippen LogP contribution in [0.5, 0.6) is 0 Å². The number of carbonyl (C=O) groups excluding carboxylic acids is 2. The molecule has 3 N–H and O–H groups in total. The molecule has 0 aliphatic carbocycles. The number of hydrogen-bond donors (Lipinski definition) is 2. The van der Waals surface area contributed by atoms with Crippen LogP contribution in [0.3, 0.4) is 0 Å². The lowest BCUT2D eigenvalue weighted by Crippen LogP contribution is -2.45. The van der Waals surface area contributed by atoms with Gasteiger partial charge >= 0.3 is 0 Å². The minimum Gasteiger partial charge on any atom is -0.354 e. The molecule has 1 aromatic carbocycles. The van der Waals surface area contributed by atoms with Crippen molar-refractivity contribution in [2.75, 3.05) is 6.54 Å². The minimum atomic E-state index is -1.08. The van der Waals surface area contributed by atoms with Gasteiger partial charge in [0.1, 0.15) is 0 Å². The van der Waals surface area contributed by atoms with Crippen LogP contribution in [-0.4, -0.2) is 23.8 Å². The molecule has 0 bridgehead atoms. The van der Waals surface area contributed by atoms with E-state index in [9.17, 15) is 18.4 Å². The molecular weight excluding hydrogens is 302 g/mol. The fourth-order valence-electron chi connectivity index (χ4n) is 1.46. The van der Waals surface area contributed by atoms with E-state index >= 15 is 0 Å². The molecule has 0 heterocycles. The van der Waals surface area contributed by atoms with Crippen LogP contribution >= 0.6 is 12.4 Å². The summed E-state index contributed by atoms with van der Waals surface area (Å²) in [7, 11) is 0. The van der Waals surface area contributed by atoms with Crippen molar-refractivity contribution in [1.29, 1.82) is 0 Å². The Labute approximate surface area is 128 Å². The van der Waals surface area contributed by atoms with Gasteiger partial charge in [0, 0.05) is 30.5 Å². The van der Waals surface area contributed by atoms with Gasteiger partial charge in [0.2, 0.25) is 5.91 Å². The van der Waals surface area contributed by atoms with E-state index in [0.29, 0.717) is 6.54 Å². The summed E-state index contributed by atoms with van der Waals surface area (Å²) in [5.74, 6) is -2.81. The van der Waals surface area contributed by atoms with Gasteiger partial charge in [-0.05, 0) is 32.0 Å². The van der Waals surface area contributed by atoms with Crippen LogP contribution in [0, 0.1) is 11.6 Å². The predicted molar refractivity (Wildman–Crippen MR) is 78.4 cm³/mol. The molecule has 0 radical (unpaired) electrons. The van der Waals surface area contributed by atoms with Gasteiger partial charge in [-0.3, -0.25) is 9.59 Å². The summed E-state index contributed by atoms with van der Waals surface area (Å²) in [6.45, 7) is 3.82. The summed E-state index contributed by atoms with van der Waals surface area (Å²) < 4.78 is 25.7. The highest BCUT2D eigenvalue weighted by Gasteiger charge is 2.14. The van der Waals surface area contributed by atoms with Crippen molar-refractivity contribution in [3.8, 4) is 0 Å². The first-order valence-corrected chi connectivity index (χ1v) is 6.23. The topological polar surface area (TPSA) is 72.2 Å². The average Bonchev–Trinajstić information content (AvgIpc) is 2.36. The van der Waals surface area contributed by atoms with Gasteiger partial charge in [0.25, 0.3) is 0 Å². The second-order valence-electron chi connectivity index (χ2n) is 5.32. The van der Waals surface area contributed by atoms with E-state index in [1.807, 2.05) is 0 Å². The van der Waals surface area contributed by atoms with Crippen LogP contribution in [0.2, 0.25) is 0 Å². The number of Topliss-reactive ketones (excluding diaryl/α,β-unsaturated/α-hetero) is 1. The fourth-order valence-corrected chi connectivity index (χ4v) is 1.46. The number of ketones is 1. The fraction of sp³-hybridized carbons (Fsp3) is 0.429. The van der Waals surface area contributed by atoms with Crippen LogP contribution < -0.4 is 11.1 Å². The average molecular weight is 321 g/mol. The Bertz CT molecular complexity index is 516. The highest BCUT2D eigenvalue weighted by atomic mass is 35.5. The lowest BCUT2D eigenvalue weighted by Gasteiger charge is -2.18. The molecule has 0 spiro atoms. The first kappa shape index (κ1) is 19.5. The third kappa shape index (κ3) is 7.15. The quantitative estimate of drug-likeness (QED) is 0.789. The van der Waals surface area contributed by atoms with Gasteiger partial charge in [-0.25, -0.2) is 8.78 Å². The largest absolute Gasteiger partial charge is 0.354 e. The van der Waals surface area contributed by atoms with E-state index in [2.05, 4.69) is 5.32 Å². The minimum absolute atomic E-state index is 0. The van der Waals surface area contributed by atoms with Crippen LogP contribution in [0.15, 0.2) is 18.2 Å². The Morgan fingerprint density at radius 2 is 1.81 bits per heavy atom. The predicted octanol–water partition coefficient (Wildman–Crippen LogP) is 2.20. The van der Waals surface area contributed by atoms with Crippen molar-refractivity contribution < 1.29 is 18.4 Å². The third-order valence-corrected chi connectivity index (χ3v) is 2.56. The molecule has 1 aromatic rings. The molecule has 0 fully saturated rings. The van der Waals surface area contributed by atoms with Crippen molar-refractivity contribution in [1.82, 2.24) is 5.32 Å². The Balaban J connectivity index is 0.00000400. The molecule has 0 saturated heterocycles. The molecule has 0 aliphatic rings. The van der Waals surface area contributed by atoms with Gasteiger partial charge < -0.3 is 11.1 Å². The number of halogens is 3. The second kappa shape index (κ2) is 8.05. The number of amides is 1. The van der Waals surface area contributed by atoms with Gasteiger partial charge in [-0.1, -0.05) is 0 Å². The monoisotopic (exact) mass is 320 g/mol. The summed E-state index contributed by atoms with van der Waals surface area (Å²) in [6.07, 6.45) is -0.0875. The molecule has 0 aromatic heterocycles. The maximum absolute atomic E-state index is 13.0. The summed E-state index contributed by atoms with van der Waals surface area (Å²) in [6, 6.07) is 2.92. The Morgan fingerprint density at radius 3 is 2.33 bits per heavy atom. The summed E-state index contributed by atoms with van der Waals surface area (Å²) >= 11 is 0. The van der Waals surface area contributed by atoms with Crippen molar-refractivity contribution in [3.63, 3.8) is 0 Å². The number of rotatable bonds is 6. The molecule has 0 unspecified atom stereocenters. The molecule has 0 aliphatic heterocycles. The standard InChI is InChI=1S/C14H18F2N2O2.ClH/c1-14(2,17)8-18-13(20)6-5-12(19)9-3-4-10(15)11(16)7-9;/h3-4,7H,5-6,8,17H2,1-2H3,(H,18,20);1H. The maximum Gasteiger partial charge on any atom is 0.220 e. The first-order valence-electron chi connectivity index (χ1n) is 6.23. The molecule has 0 atom stereocenters. The Hall–Kier alpha value is -1.53. The number of nitrogens with two attached hydrogens (primary N) is 1. The number of carbonyl (C=O) groups is 2. The van der Waals surface area contributed by atoms with Crippen LogP contribution in [0.1, 0.15) is 37.0 Å². The molecule has 1 rings (SSSR count). The lowest BCUT2D eigenvalue weighted by atomic mass is 10.1. The first-order chi connectivity index (χ1) is 9.19. The zero-order valence-electron chi connectivity index (χ0n) is 11.9. The number of benzene rings is 1. The van der Waals surface area contributed by atoms with Gasteiger partial charge in [0.15, 0.2) is 17.4 Å². The van der Waals surface area contributed by atoms with E-state index < -0.39 is 23.0 Å². The highest BCUT2D eigenvalue weighted by molar-refractivity contribution is 5.97. The van der Waals surface area contributed by atoms with Crippen LogP contribution in [0.25, 0.3) is 0 Å². The van der Waals surface area contributed by atoms with Crippen LogP contribution in [0.4, 0.5) is 8.78 Å². The molecular formula is C14H19ClF2N2O2. The van der Waals surface area contributed by atoms with E-state index in [0.717, 1.165) is 12.1 Å².